The zero-order valence-electron chi connectivity index (χ0n) is 13.7. The molecule has 7 heteroatoms. The molecule has 0 bridgehead atoms. The second-order valence-electron chi connectivity index (χ2n) is 5.86. The lowest BCUT2D eigenvalue weighted by Crippen LogP contribution is -2.25. The first-order valence-corrected chi connectivity index (χ1v) is 9.13. The predicted octanol–water partition coefficient (Wildman–Crippen LogP) is 3.86. The van der Waals surface area contributed by atoms with Crippen LogP contribution in [0.5, 0.6) is 0 Å². The number of thioether (sulfide) groups is 1. The molecule has 0 atom stereocenters. The molecule has 1 aromatic heterocycles. The zero-order valence-corrected chi connectivity index (χ0v) is 14.5. The van der Waals surface area contributed by atoms with Crippen molar-refractivity contribution in [1.82, 2.24) is 14.9 Å². The molecule has 1 amide bonds. The van der Waals surface area contributed by atoms with Crippen LogP contribution in [-0.2, 0) is 13.1 Å². The largest absolute Gasteiger partial charge is 0.346 e. The molecule has 0 aliphatic carbocycles. The van der Waals surface area contributed by atoms with Gasteiger partial charge in [0.25, 0.3) is 5.91 Å². The Morgan fingerprint density at radius 1 is 1.19 bits per heavy atom. The van der Waals surface area contributed by atoms with Gasteiger partial charge in [0.1, 0.15) is 11.6 Å². The third-order valence-corrected chi connectivity index (χ3v) is 5.18. The second kappa shape index (κ2) is 6.92. The average molecular weight is 371 g/mol. The molecule has 132 valence electrons. The van der Waals surface area contributed by atoms with Crippen LogP contribution in [0.4, 0.5) is 8.78 Å². The van der Waals surface area contributed by atoms with E-state index in [1.54, 1.807) is 11.8 Å². The second-order valence-corrected chi connectivity index (χ2v) is 6.92. The number of amides is 1. The van der Waals surface area contributed by atoms with Gasteiger partial charge in [-0.25, -0.2) is 13.8 Å². The molecule has 26 heavy (non-hydrogen) atoms. The lowest BCUT2D eigenvalue weighted by molar-refractivity contribution is 0.0946. The van der Waals surface area contributed by atoms with Crippen molar-refractivity contribution in [2.75, 3.05) is 5.75 Å². The van der Waals surface area contributed by atoms with Gasteiger partial charge in [0.2, 0.25) is 0 Å². The van der Waals surface area contributed by atoms with Crippen LogP contribution in [0.15, 0.2) is 53.7 Å². The molecule has 3 aromatic rings. The summed E-state index contributed by atoms with van der Waals surface area (Å²) in [6.07, 6.45) is 0. The van der Waals surface area contributed by atoms with E-state index in [1.165, 1.54) is 0 Å². The Morgan fingerprint density at radius 2 is 2.00 bits per heavy atom. The maximum Gasteiger partial charge on any atom is 0.254 e. The molecule has 0 fully saturated rings. The number of nitrogens with one attached hydrogen (secondary N) is 1. The number of carbonyl (C=O) groups excluding carboxylic acids is 1. The van der Waals surface area contributed by atoms with Gasteiger partial charge in [0.15, 0.2) is 5.16 Å². The maximum absolute atomic E-state index is 13.8. The van der Waals surface area contributed by atoms with Gasteiger partial charge in [-0.05, 0) is 12.1 Å². The molecule has 2 aromatic carbocycles. The molecular weight excluding hydrogens is 356 g/mol. The Labute approximate surface area is 153 Å². The van der Waals surface area contributed by atoms with Crippen LogP contribution in [-0.4, -0.2) is 21.2 Å². The van der Waals surface area contributed by atoms with Crippen LogP contribution >= 0.6 is 11.8 Å². The summed E-state index contributed by atoms with van der Waals surface area (Å²) in [4.78, 5) is 17.0. The van der Waals surface area contributed by atoms with E-state index in [2.05, 4.69) is 9.88 Å². The number of hydrogen-bond donors (Lipinski definition) is 1. The highest BCUT2D eigenvalue weighted by atomic mass is 32.2. The van der Waals surface area contributed by atoms with Crippen molar-refractivity contribution in [3.63, 3.8) is 0 Å². The Morgan fingerprint density at radius 3 is 2.77 bits per heavy atom. The van der Waals surface area contributed by atoms with Crippen LogP contribution in [0.2, 0.25) is 0 Å². The first kappa shape index (κ1) is 16.8. The van der Waals surface area contributed by atoms with E-state index in [-0.39, 0.29) is 12.1 Å². The van der Waals surface area contributed by atoms with Crippen molar-refractivity contribution in [3.05, 3.63) is 71.4 Å². The summed E-state index contributed by atoms with van der Waals surface area (Å²) >= 11 is 1.67. The minimum absolute atomic E-state index is 0.178. The van der Waals surface area contributed by atoms with Gasteiger partial charge >= 0.3 is 0 Å². The number of aromatic nitrogens is 2. The highest BCUT2D eigenvalue weighted by Gasteiger charge is 2.23. The number of hydrogen-bond acceptors (Lipinski definition) is 3. The minimum atomic E-state index is -0.875. The lowest BCUT2D eigenvalue weighted by Gasteiger charge is -2.10. The number of benzene rings is 2. The average Bonchev–Trinajstić information content (AvgIpc) is 3.22. The molecule has 1 N–H and O–H groups in total. The number of nitrogens with zero attached hydrogens (tertiary/aromatic N) is 2. The van der Waals surface area contributed by atoms with Crippen LogP contribution in [0.1, 0.15) is 16.1 Å². The van der Waals surface area contributed by atoms with E-state index < -0.39 is 17.5 Å². The molecule has 1 aliphatic rings. The minimum Gasteiger partial charge on any atom is -0.346 e. The van der Waals surface area contributed by atoms with Crippen molar-refractivity contribution in [3.8, 4) is 11.3 Å². The van der Waals surface area contributed by atoms with Gasteiger partial charge < -0.3 is 9.88 Å². The monoisotopic (exact) mass is 371 g/mol. The SMILES string of the molecule is O=C(NCc1c(-c2ccccc2)nc2n1CCS2)c1ccc(F)cc1F. The smallest absolute Gasteiger partial charge is 0.254 e. The van der Waals surface area contributed by atoms with E-state index >= 15 is 0 Å². The van der Waals surface area contributed by atoms with Crippen LogP contribution in [0.25, 0.3) is 11.3 Å². The van der Waals surface area contributed by atoms with E-state index in [9.17, 15) is 13.6 Å². The molecule has 0 spiro atoms. The third-order valence-electron chi connectivity index (χ3n) is 4.22. The summed E-state index contributed by atoms with van der Waals surface area (Å²) in [5.41, 5.74) is 2.48. The molecule has 4 rings (SSSR count). The Hall–Kier alpha value is -2.67. The fraction of sp³-hybridized carbons (Fsp3) is 0.158. The van der Waals surface area contributed by atoms with Crippen molar-refractivity contribution in [1.29, 1.82) is 0 Å². The molecule has 0 saturated heterocycles. The molecule has 0 saturated carbocycles. The maximum atomic E-state index is 13.8. The van der Waals surface area contributed by atoms with Crippen LogP contribution in [0, 0.1) is 11.6 Å². The van der Waals surface area contributed by atoms with E-state index in [0.29, 0.717) is 6.07 Å². The fourth-order valence-electron chi connectivity index (χ4n) is 2.97. The zero-order chi connectivity index (χ0) is 18.1. The fourth-order valence-corrected chi connectivity index (χ4v) is 3.94. The molecular formula is C19H15F2N3OS. The van der Waals surface area contributed by atoms with E-state index in [1.807, 2.05) is 30.3 Å². The van der Waals surface area contributed by atoms with E-state index in [4.69, 9.17) is 4.98 Å². The molecule has 4 nitrogen and oxygen atoms in total. The molecule has 2 heterocycles. The Bertz CT molecular complexity index is 972. The summed E-state index contributed by atoms with van der Waals surface area (Å²) in [5.74, 6) is -1.23. The van der Waals surface area contributed by atoms with Crippen molar-refractivity contribution in [2.24, 2.45) is 0 Å². The van der Waals surface area contributed by atoms with Gasteiger partial charge in [-0.1, -0.05) is 42.1 Å². The molecule has 0 radical (unpaired) electrons. The Balaban J connectivity index is 1.61. The topological polar surface area (TPSA) is 46.9 Å². The standard InChI is InChI=1S/C19H15F2N3OS/c20-13-6-7-14(15(21)10-13)18(25)22-11-16-17(12-4-2-1-3-5-12)23-19-24(16)8-9-26-19/h1-7,10H,8-9,11H2,(H,22,25). The van der Waals surface area contributed by atoms with Gasteiger partial charge in [-0.15, -0.1) is 0 Å². The first-order chi connectivity index (χ1) is 12.6. The predicted molar refractivity (Wildman–Crippen MR) is 95.9 cm³/mol. The quantitative estimate of drug-likeness (QED) is 0.757. The summed E-state index contributed by atoms with van der Waals surface area (Å²) in [5, 5.41) is 3.65. The highest BCUT2D eigenvalue weighted by molar-refractivity contribution is 7.99. The lowest BCUT2D eigenvalue weighted by atomic mass is 10.1. The van der Waals surface area contributed by atoms with Crippen LogP contribution < -0.4 is 5.32 Å². The first-order valence-electron chi connectivity index (χ1n) is 8.14. The number of fused-ring (bicyclic) bond motifs is 1. The number of halogens is 2. The number of carbonyl (C=O) groups is 1. The summed E-state index contributed by atoms with van der Waals surface area (Å²) in [6, 6.07) is 12.7. The molecule has 0 unspecified atom stereocenters. The van der Waals surface area contributed by atoms with Crippen molar-refractivity contribution in [2.45, 2.75) is 18.2 Å². The number of imidazole rings is 1. The Kier molecular flexibility index (Phi) is 4.46. The number of rotatable bonds is 4. The van der Waals surface area contributed by atoms with Crippen molar-refractivity contribution < 1.29 is 13.6 Å². The van der Waals surface area contributed by atoms with Crippen molar-refractivity contribution >= 4 is 17.7 Å². The summed E-state index contributed by atoms with van der Waals surface area (Å²) in [7, 11) is 0. The third kappa shape index (κ3) is 3.10. The van der Waals surface area contributed by atoms with Gasteiger partial charge in [-0.2, -0.15) is 0 Å². The van der Waals surface area contributed by atoms with Gasteiger partial charge in [-0.3, -0.25) is 4.79 Å². The van der Waals surface area contributed by atoms with Gasteiger partial charge in [0.05, 0.1) is 23.5 Å². The normalized spacial score (nSPS) is 12.8. The van der Waals surface area contributed by atoms with Gasteiger partial charge in [0, 0.05) is 23.9 Å². The highest BCUT2D eigenvalue weighted by Crippen LogP contribution is 2.33. The van der Waals surface area contributed by atoms with Crippen LogP contribution in [0.3, 0.4) is 0 Å². The van der Waals surface area contributed by atoms with E-state index in [0.717, 1.165) is 46.5 Å². The summed E-state index contributed by atoms with van der Waals surface area (Å²) in [6.45, 7) is 1.03. The summed E-state index contributed by atoms with van der Waals surface area (Å²) < 4.78 is 28.9. The molecule has 1 aliphatic heterocycles.